The van der Waals surface area contributed by atoms with Gasteiger partial charge in [-0.1, -0.05) is 6.07 Å². The number of halogens is 2. The molecular formula is C21H28F2N4OS. The zero-order valence-electron chi connectivity index (χ0n) is 16.8. The summed E-state index contributed by atoms with van der Waals surface area (Å²) in [6, 6.07) is 8.27. The number of piperidine rings is 1. The van der Waals surface area contributed by atoms with Gasteiger partial charge in [-0.25, -0.2) is 8.78 Å². The zero-order chi connectivity index (χ0) is 20.6. The van der Waals surface area contributed by atoms with Gasteiger partial charge in [0.2, 0.25) is 0 Å². The van der Waals surface area contributed by atoms with Crippen molar-refractivity contribution in [2.75, 3.05) is 40.3 Å². The van der Waals surface area contributed by atoms with E-state index in [-0.39, 0.29) is 0 Å². The van der Waals surface area contributed by atoms with Crippen LogP contribution in [0, 0.1) is 17.6 Å². The summed E-state index contributed by atoms with van der Waals surface area (Å²) in [7, 11) is 3.93. The molecule has 0 spiro atoms. The third-order valence-electron chi connectivity index (χ3n) is 5.15. The Kier molecular flexibility index (Phi) is 7.83. The molecule has 158 valence electrons. The molecule has 1 aliphatic rings. The van der Waals surface area contributed by atoms with Crippen LogP contribution in [0.5, 0.6) is 5.75 Å². The topological polar surface area (TPSA) is 48.9 Å². The van der Waals surface area contributed by atoms with Crippen LogP contribution in [0.4, 0.5) is 8.78 Å². The molecule has 1 aliphatic heterocycles. The summed E-state index contributed by atoms with van der Waals surface area (Å²) in [5, 5.41) is 8.75. The first-order valence-corrected chi connectivity index (χ1v) is 10.7. The van der Waals surface area contributed by atoms with E-state index in [2.05, 4.69) is 45.1 Å². The van der Waals surface area contributed by atoms with Crippen molar-refractivity contribution in [2.45, 2.75) is 18.9 Å². The van der Waals surface area contributed by atoms with Crippen LogP contribution in [0.2, 0.25) is 0 Å². The molecule has 29 heavy (non-hydrogen) atoms. The van der Waals surface area contributed by atoms with Crippen molar-refractivity contribution in [3.05, 3.63) is 52.2 Å². The molecule has 1 fully saturated rings. The first-order valence-electron chi connectivity index (χ1n) is 9.84. The first kappa shape index (κ1) is 21.5. The molecule has 1 aromatic carbocycles. The number of benzene rings is 1. The van der Waals surface area contributed by atoms with Crippen LogP contribution in [0.3, 0.4) is 0 Å². The van der Waals surface area contributed by atoms with Gasteiger partial charge in [-0.05, 0) is 55.9 Å². The molecule has 8 heteroatoms. The number of nitrogens with zero attached hydrogens (tertiary/aromatic N) is 2. The lowest BCUT2D eigenvalue weighted by atomic mass is 9.88. The van der Waals surface area contributed by atoms with E-state index in [0.29, 0.717) is 36.8 Å². The third-order valence-corrected chi connectivity index (χ3v) is 6.09. The van der Waals surface area contributed by atoms with Crippen LogP contribution in [-0.2, 0) is 0 Å². The lowest BCUT2D eigenvalue weighted by Gasteiger charge is -2.39. The largest absolute Gasteiger partial charge is 0.492 e. The first-order chi connectivity index (χ1) is 14.1. The smallest absolute Gasteiger partial charge is 0.191 e. The number of thiophene rings is 1. The molecule has 0 aliphatic carbocycles. The summed E-state index contributed by atoms with van der Waals surface area (Å²) in [6.07, 6.45) is 2.37. The number of likely N-dealkylation sites (tertiary alicyclic amines) is 1. The molecule has 5 nitrogen and oxygen atoms in total. The summed E-state index contributed by atoms with van der Waals surface area (Å²) in [5.74, 6) is -0.279. The minimum Gasteiger partial charge on any atom is -0.492 e. The standard InChI is InChI=1S/C21H28F2N4OS/c1-24-21(25-9-11-28-16-7-8-17(22)18(23)13-16)26-14-15-5-3-10-27(2)20(15)19-6-4-12-29-19/h4,6-8,12-13,15,20H,3,5,9-11,14H2,1-2H3,(H2,24,25,26). The fourth-order valence-corrected chi connectivity index (χ4v) is 4.72. The van der Waals surface area contributed by atoms with E-state index < -0.39 is 11.6 Å². The maximum atomic E-state index is 13.2. The minimum atomic E-state index is -0.911. The summed E-state index contributed by atoms with van der Waals surface area (Å²) in [4.78, 5) is 8.11. The van der Waals surface area contributed by atoms with Crippen molar-refractivity contribution in [3.63, 3.8) is 0 Å². The SMILES string of the molecule is CN=C(NCCOc1ccc(F)c(F)c1)NCC1CCCN(C)C1c1cccs1. The predicted molar refractivity (Wildman–Crippen MR) is 114 cm³/mol. The average molecular weight is 423 g/mol. The Hall–Kier alpha value is -2.19. The Morgan fingerprint density at radius 1 is 1.28 bits per heavy atom. The molecule has 2 heterocycles. The number of guanidine groups is 1. The van der Waals surface area contributed by atoms with Gasteiger partial charge in [-0.15, -0.1) is 11.3 Å². The Balaban J connectivity index is 1.45. The van der Waals surface area contributed by atoms with Crippen LogP contribution in [0.15, 0.2) is 40.7 Å². The Morgan fingerprint density at radius 2 is 2.14 bits per heavy atom. The average Bonchev–Trinajstić information content (AvgIpc) is 3.24. The van der Waals surface area contributed by atoms with Crippen molar-refractivity contribution in [1.29, 1.82) is 0 Å². The van der Waals surface area contributed by atoms with E-state index >= 15 is 0 Å². The molecule has 1 saturated heterocycles. The summed E-state index contributed by atoms with van der Waals surface area (Å²) >= 11 is 1.81. The van der Waals surface area contributed by atoms with Crippen LogP contribution < -0.4 is 15.4 Å². The summed E-state index contributed by atoms with van der Waals surface area (Å²) < 4.78 is 31.6. The fourth-order valence-electron chi connectivity index (χ4n) is 3.74. The molecule has 2 unspecified atom stereocenters. The second-order valence-corrected chi connectivity index (χ2v) is 8.13. The van der Waals surface area contributed by atoms with Crippen molar-refractivity contribution < 1.29 is 13.5 Å². The van der Waals surface area contributed by atoms with Gasteiger partial charge in [0.1, 0.15) is 12.4 Å². The van der Waals surface area contributed by atoms with Gasteiger partial charge in [0.05, 0.1) is 6.54 Å². The van der Waals surface area contributed by atoms with Crippen molar-refractivity contribution >= 4 is 17.3 Å². The maximum absolute atomic E-state index is 13.2. The molecule has 0 bridgehead atoms. The van der Waals surface area contributed by atoms with Gasteiger partial charge in [0.15, 0.2) is 17.6 Å². The van der Waals surface area contributed by atoms with Gasteiger partial charge in [-0.3, -0.25) is 9.89 Å². The van der Waals surface area contributed by atoms with Crippen LogP contribution in [0.1, 0.15) is 23.8 Å². The van der Waals surface area contributed by atoms with Crippen LogP contribution in [-0.4, -0.2) is 51.2 Å². The Morgan fingerprint density at radius 3 is 2.86 bits per heavy atom. The minimum absolute atomic E-state index is 0.303. The molecule has 2 atom stereocenters. The normalized spacial score (nSPS) is 20.5. The quantitative estimate of drug-likeness (QED) is 0.406. The van der Waals surface area contributed by atoms with E-state index in [9.17, 15) is 8.78 Å². The third kappa shape index (κ3) is 5.90. The van der Waals surface area contributed by atoms with E-state index in [1.54, 1.807) is 7.05 Å². The highest BCUT2D eigenvalue weighted by atomic mass is 32.1. The highest BCUT2D eigenvalue weighted by Crippen LogP contribution is 2.36. The van der Waals surface area contributed by atoms with Crippen LogP contribution >= 0.6 is 11.3 Å². The molecule has 0 radical (unpaired) electrons. The molecule has 0 saturated carbocycles. The van der Waals surface area contributed by atoms with E-state index in [1.807, 2.05) is 11.3 Å². The number of hydrogen-bond donors (Lipinski definition) is 2. The zero-order valence-corrected chi connectivity index (χ0v) is 17.6. The number of nitrogens with one attached hydrogen (secondary N) is 2. The van der Waals surface area contributed by atoms with Crippen LogP contribution in [0.25, 0.3) is 0 Å². The Labute approximate surface area is 174 Å². The molecule has 2 aromatic rings. The molecule has 3 rings (SSSR count). The van der Waals surface area contributed by atoms with Gasteiger partial charge < -0.3 is 15.4 Å². The number of ether oxygens (including phenoxy) is 1. The maximum Gasteiger partial charge on any atom is 0.191 e. The van der Waals surface area contributed by atoms with Gasteiger partial charge in [0.25, 0.3) is 0 Å². The highest BCUT2D eigenvalue weighted by molar-refractivity contribution is 7.10. The monoisotopic (exact) mass is 422 g/mol. The molecule has 2 N–H and O–H groups in total. The summed E-state index contributed by atoms with van der Waals surface area (Å²) in [5.41, 5.74) is 0. The number of rotatable bonds is 7. The molecule has 1 aromatic heterocycles. The lowest BCUT2D eigenvalue weighted by Crippen LogP contribution is -2.45. The second kappa shape index (κ2) is 10.5. The highest BCUT2D eigenvalue weighted by Gasteiger charge is 2.31. The van der Waals surface area contributed by atoms with Gasteiger partial charge >= 0.3 is 0 Å². The Bertz CT molecular complexity index is 800. The summed E-state index contributed by atoms with van der Waals surface area (Å²) in [6.45, 7) is 2.76. The molecular weight excluding hydrogens is 394 g/mol. The lowest BCUT2D eigenvalue weighted by molar-refractivity contribution is 0.125. The van der Waals surface area contributed by atoms with Crippen molar-refractivity contribution in [1.82, 2.24) is 15.5 Å². The second-order valence-electron chi connectivity index (χ2n) is 7.15. The van der Waals surface area contributed by atoms with E-state index in [4.69, 9.17) is 4.74 Å². The van der Waals surface area contributed by atoms with Gasteiger partial charge in [0, 0.05) is 30.6 Å². The van der Waals surface area contributed by atoms with E-state index in [1.165, 1.54) is 23.8 Å². The van der Waals surface area contributed by atoms with Crippen molar-refractivity contribution in [2.24, 2.45) is 10.9 Å². The van der Waals surface area contributed by atoms with Gasteiger partial charge in [-0.2, -0.15) is 0 Å². The number of aliphatic imine (C=N–C) groups is 1. The molecule has 0 amide bonds. The number of hydrogen-bond acceptors (Lipinski definition) is 4. The predicted octanol–water partition coefficient (Wildman–Crippen LogP) is 3.65. The van der Waals surface area contributed by atoms with Crippen molar-refractivity contribution in [3.8, 4) is 5.75 Å². The van der Waals surface area contributed by atoms with E-state index in [0.717, 1.165) is 25.2 Å². The fraction of sp³-hybridized carbons (Fsp3) is 0.476.